The zero-order valence-electron chi connectivity index (χ0n) is 40.4. The second-order valence-corrected chi connectivity index (χ2v) is 18.0. The van der Waals surface area contributed by atoms with Crippen molar-refractivity contribution in [3.05, 3.63) is 113 Å². The number of benzene rings is 4. The fraction of sp³-hybridized carbons (Fsp3) is 0.365. The molecule has 2 heterocycles. The Morgan fingerprint density at radius 3 is 2.16 bits per heavy atom. The smallest absolute Gasteiger partial charge is 0.253 e. The van der Waals surface area contributed by atoms with Crippen molar-refractivity contribution < 1.29 is 38.2 Å². The second-order valence-electron chi connectivity index (χ2n) is 18.0. The van der Waals surface area contributed by atoms with Gasteiger partial charge in [0.05, 0.1) is 22.8 Å². The van der Waals surface area contributed by atoms with E-state index in [1.54, 1.807) is 67.6 Å². The summed E-state index contributed by atoms with van der Waals surface area (Å²) in [6.45, 7) is 9.89. The Kier molecular flexibility index (Phi) is 17.1. The molecule has 5 amide bonds. The largest absolute Gasteiger partial charge is 0.492 e. The van der Waals surface area contributed by atoms with Gasteiger partial charge in [0.2, 0.25) is 23.6 Å². The molecule has 1 aliphatic heterocycles. The third kappa shape index (κ3) is 12.5. The number of nitrogens with one attached hydrogen (secondary N) is 4. The molecule has 0 fully saturated rings. The van der Waals surface area contributed by atoms with E-state index in [0.717, 1.165) is 5.56 Å². The number of carbonyl (C=O) groups is 5. The number of pyridine rings is 1. The number of hydrogen-bond acceptors (Lipinski definition) is 13. The van der Waals surface area contributed by atoms with Crippen LogP contribution in [0.1, 0.15) is 72.9 Å². The molecule has 70 heavy (non-hydrogen) atoms. The van der Waals surface area contributed by atoms with Gasteiger partial charge in [-0.3, -0.25) is 29.0 Å². The Hall–Kier alpha value is -7.59. The maximum atomic E-state index is 14.8. The monoisotopic (exact) mass is 954 g/mol. The predicted molar refractivity (Wildman–Crippen MR) is 265 cm³/mol. The molecule has 4 unspecified atom stereocenters. The van der Waals surface area contributed by atoms with Gasteiger partial charge in [0.15, 0.2) is 0 Å². The lowest BCUT2D eigenvalue weighted by Crippen LogP contribution is -2.56. The molecule has 1 aliphatic rings. The van der Waals surface area contributed by atoms with E-state index in [1.807, 2.05) is 30.3 Å². The first-order chi connectivity index (χ1) is 33.4. The van der Waals surface area contributed by atoms with Crippen molar-refractivity contribution >= 4 is 40.4 Å². The highest BCUT2D eigenvalue weighted by Gasteiger charge is 2.36. The van der Waals surface area contributed by atoms with Crippen molar-refractivity contribution in [3.63, 3.8) is 0 Å². The molecular weight excluding hydrogens is 893 g/mol. The molecule has 0 saturated carbocycles. The van der Waals surface area contributed by atoms with E-state index >= 15 is 0 Å². The fourth-order valence-electron chi connectivity index (χ4n) is 8.07. The van der Waals surface area contributed by atoms with Crippen LogP contribution in [0, 0.1) is 18.3 Å². The van der Waals surface area contributed by atoms with Gasteiger partial charge in [0.25, 0.3) is 5.91 Å². The summed E-state index contributed by atoms with van der Waals surface area (Å²) < 4.78 is 18.4. The van der Waals surface area contributed by atoms with Gasteiger partial charge >= 0.3 is 0 Å². The Morgan fingerprint density at radius 1 is 0.857 bits per heavy atom. The van der Waals surface area contributed by atoms with Crippen LogP contribution >= 0.6 is 0 Å². The summed E-state index contributed by atoms with van der Waals surface area (Å²) in [4.78, 5) is 76.7. The van der Waals surface area contributed by atoms with Gasteiger partial charge in [-0.1, -0.05) is 45.0 Å². The highest BCUT2D eigenvalue weighted by atomic mass is 16.5. The number of hydrogen-bond donors (Lipinski definition) is 7. The molecule has 6 rings (SSSR count). The first-order valence-electron chi connectivity index (χ1n) is 23.1. The Balaban J connectivity index is 1.37. The van der Waals surface area contributed by atoms with Gasteiger partial charge in [-0.05, 0) is 110 Å². The minimum Gasteiger partial charge on any atom is -0.492 e. The summed E-state index contributed by atoms with van der Waals surface area (Å²) in [5, 5.41) is 20.6. The molecule has 5 aromatic rings. The first kappa shape index (κ1) is 51.8. The first-order valence-corrected chi connectivity index (χ1v) is 23.1. The average Bonchev–Trinajstić information content (AvgIpc) is 3.33. The quantitative estimate of drug-likeness (QED) is 0.0694. The molecule has 10 N–H and O–H groups in total. The van der Waals surface area contributed by atoms with Gasteiger partial charge in [0, 0.05) is 43.1 Å². The topological polar surface area (TPSA) is 279 Å². The Morgan fingerprint density at radius 2 is 1.51 bits per heavy atom. The summed E-state index contributed by atoms with van der Waals surface area (Å²) in [6, 6.07) is 21.9. The number of rotatable bonds is 16. The lowest BCUT2D eigenvalue weighted by atomic mass is 9.87. The van der Waals surface area contributed by atoms with Crippen LogP contribution in [-0.4, -0.2) is 104 Å². The average molecular weight is 955 g/mol. The van der Waals surface area contributed by atoms with Gasteiger partial charge in [-0.15, -0.1) is 0 Å². The van der Waals surface area contributed by atoms with E-state index in [-0.39, 0.29) is 63.2 Å². The van der Waals surface area contributed by atoms with Gasteiger partial charge in [0.1, 0.15) is 66.9 Å². The number of carbonyl (C=O) groups excluding carboxylic acids is 5. The molecule has 1 aromatic heterocycles. The Labute approximate surface area is 407 Å². The van der Waals surface area contributed by atoms with E-state index in [0.29, 0.717) is 61.8 Å². The molecule has 4 bridgehead atoms. The molecule has 4 atom stereocenters. The van der Waals surface area contributed by atoms with Crippen LogP contribution < -0.4 is 52.7 Å². The second kappa shape index (κ2) is 23.1. The van der Waals surface area contributed by atoms with Crippen LogP contribution in [0.15, 0.2) is 84.9 Å². The number of ether oxygens (including phenoxy) is 3. The molecule has 0 saturated heterocycles. The maximum absolute atomic E-state index is 14.8. The van der Waals surface area contributed by atoms with Crippen LogP contribution in [0.4, 0.5) is 0 Å². The summed E-state index contributed by atoms with van der Waals surface area (Å²) in [5.41, 5.74) is 22.0. The number of nitriles is 1. The summed E-state index contributed by atoms with van der Waals surface area (Å²) >= 11 is 0. The molecule has 368 valence electrons. The van der Waals surface area contributed by atoms with E-state index < -0.39 is 53.7 Å². The lowest BCUT2D eigenvalue weighted by Gasteiger charge is -2.32. The van der Waals surface area contributed by atoms with Crippen LogP contribution in [-0.2, 0) is 31.0 Å². The molecule has 4 aromatic carbocycles. The highest BCUT2D eigenvalue weighted by Crippen LogP contribution is 2.40. The maximum Gasteiger partial charge on any atom is 0.253 e. The van der Waals surface area contributed by atoms with Crippen molar-refractivity contribution in [2.75, 3.05) is 46.4 Å². The highest BCUT2D eigenvalue weighted by molar-refractivity contribution is 6.02. The van der Waals surface area contributed by atoms with Crippen molar-refractivity contribution in [2.45, 2.75) is 77.0 Å². The van der Waals surface area contributed by atoms with E-state index in [1.165, 1.54) is 18.9 Å². The third-order valence-corrected chi connectivity index (χ3v) is 11.8. The zero-order chi connectivity index (χ0) is 50.7. The van der Waals surface area contributed by atoms with Crippen LogP contribution in [0.2, 0.25) is 0 Å². The zero-order valence-corrected chi connectivity index (χ0v) is 40.4. The minimum absolute atomic E-state index is 0.00219. The van der Waals surface area contributed by atoms with Crippen LogP contribution in [0.3, 0.4) is 0 Å². The van der Waals surface area contributed by atoms with Crippen molar-refractivity contribution in [1.29, 1.82) is 5.26 Å². The number of nitrogens with zero attached hydrogens (tertiary/aromatic N) is 3. The molecule has 0 aliphatic carbocycles. The lowest BCUT2D eigenvalue weighted by molar-refractivity contribution is -0.141. The van der Waals surface area contributed by atoms with Crippen molar-refractivity contribution in [2.24, 2.45) is 17.2 Å². The van der Waals surface area contributed by atoms with Crippen molar-refractivity contribution in [1.82, 2.24) is 31.2 Å². The number of amides is 5. The van der Waals surface area contributed by atoms with E-state index in [4.69, 9.17) is 31.4 Å². The van der Waals surface area contributed by atoms with Gasteiger partial charge < -0.3 is 57.6 Å². The summed E-state index contributed by atoms with van der Waals surface area (Å²) in [5.74, 6) is -1.40. The summed E-state index contributed by atoms with van der Waals surface area (Å²) in [6.07, 6.45) is -0.00704. The van der Waals surface area contributed by atoms with Crippen molar-refractivity contribution in [3.8, 4) is 40.2 Å². The Bertz CT molecular complexity index is 2770. The molecule has 18 nitrogen and oxygen atoms in total. The van der Waals surface area contributed by atoms with Crippen LogP contribution in [0.5, 0.6) is 23.0 Å². The SMILES string of the molecule is Cc1nc2ccc(Oc3ccc(C(C)(C)C)cc3)cc2cc1C(=O)NC(CCN)C(=O)N(C)C1C(=O)NC(C)C(=O)NC(C(=O)NCC#N)Cc2ccc(OCCN)c(c2)-c2cc1ccc2OCCN. The normalized spacial score (nSPS) is 16.4. The standard InChI is InChI=1S/C52H62N10O8/c1-30-38(29-34-27-37(13-14-41(34)58-30)70-36-11-9-35(10-12-36)52(3,4)5)48(64)60-42(17-18-53)51(67)62(6)46-33-8-16-45(69-24-21-56)40(28-33)39-25-32(7-15-44(39)68-23-20-55)26-43(49(65)57-22-19-54)61-47(63)31(2)59-50(46)66/h7-16,25,27-29,31,42-43,46H,17-18,20-24,26,53,55-56H2,1-6H3,(H,57,65)(H,59,66)(H,60,64)(H,61,63). The fourth-order valence-corrected chi connectivity index (χ4v) is 8.07. The minimum atomic E-state index is -1.41. The molecule has 0 radical (unpaired) electrons. The number of aryl methyl sites for hydroxylation is 1. The number of fused-ring (bicyclic) bond motifs is 6. The number of nitrogens with two attached hydrogens (primary N) is 3. The number of aromatic nitrogens is 1. The molecule has 18 heteroatoms. The van der Waals surface area contributed by atoms with E-state index in [9.17, 15) is 29.2 Å². The number of likely N-dealkylation sites (N-methyl/N-ethyl adjacent to an activating group) is 1. The molecule has 0 spiro atoms. The van der Waals surface area contributed by atoms with Gasteiger partial charge in [-0.2, -0.15) is 5.26 Å². The third-order valence-electron chi connectivity index (χ3n) is 11.8. The van der Waals surface area contributed by atoms with Crippen LogP contribution in [0.25, 0.3) is 22.0 Å². The van der Waals surface area contributed by atoms with Gasteiger partial charge in [-0.25, -0.2) is 0 Å². The summed E-state index contributed by atoms with van der Waals surface area (Å²) in [7, 11) is 1.42. The van der Waals surface area contributed by atoms with E-state index in [2.05, 4.69) is 47.0 Å². The molecular formula is C52H62N10O8. The predicted octanol–water partition coefficient (Wildman–Crippen LogP) is 3.81.